The van der Waals surface area contributed by atoms with Crippen molar-refractivity contribution in [1.29, 1.82) is 0 Å². The van der Waals surface area contributed by atoms with Crippen LogP contribution in [0.3, 0.4) is 0 Å². The largest absolute Gasteiger partial charge is 0.459 e. The van der Waals surface area contributed by atoms with Gasteiger partial charge in [0.25, 0.3) is 0 Å². The van der Waals surface area contributed by atoms with Gasteiger partial charge in [-0.25, -0.2) is 9.59 Å². The van der Waals surface area contributed by atoms with E-state index in [9.17, 15) is 19.8 Å². The number of oxime groups is 1. The average Bonchev–Trinajstić information content (AvgIpc) is 3.20. The molecule has 6 atom stereocenters. The molecule has 0 spiro atoms. The number of aliphatic hydroxyl groups excluding tert-OH is 2. The molecule has 1 heterocycles. The zero-order valence-corrected chi connectivity index (χ0v) is 33.0. The van der Waals surface area contributed by atoms with Crippen molar-refractivity contribution in [3.8, 4) is 11.5 Å². The number of amides is 2. The fourth-order valence-corrected chi connectivity index (χ4v) is 8.40. The topological polar surface area (TPSA) is 158 Å². The first-order valence-corrected chi connectivity index (χ1v) is 20.0. The minimum atomic E-state index is -1.42. The number of likely N-dealkylation sites (N-methyl/N-ethyl adjacent to an activating group) is 1. The van der Waals surface area contributed by atoms with Gasteiger partial charge in [0, 0.05) is 44.7 Å². The molecule has 1 saturated carbocycles. The van der Waals surface area contributed by atoms with Crippen molar-refractivity contribution >= 4 is 17.9 Å². The van der Waals surface area contributed by atoms with Crippen LogP contribution in [0.25, 0.3) is 0 Å². The van der Waals surface area contributed by atoms with Crippen molar-refractivity contribution < 1.29 is 48.3 Å². The number of aliphatic hydroxyl groups is 2. The molecular formula is C43H59N3O10. The Morgan fingerprint density at radius 1 is 1.05 bits per heavy atom. The van der Waals surface area contributed by atoms with E-state index >= 15 is 0 Å². The zero-order chi connectivity index (χ0) is 39.9. The molecule has 0 bridgehead atoms. The first kappa shape index (κ1) is 42.7. The molecule has 0 aromatic heterocycles. The Morgan fingerprint density at radius 3 is 2.54 bits per heavy atom. The van der Waals surface area contributed by atoms with Gasteiger partial charge in [0.05, 0.1) is 31.5 Å². The van der Waals surface area contributed by atoms with Crippen molar-refractivity contribution in [2.75, 3.05) is 53.2 Å². The molecule has 0 radical (unpaired) electrons. The zero-order valence-electron chi connectivity index (χ0n) is 33.0. The van der Waals surface area contributed by atoms with Crippen molar-refractivity contribution in [3.63, 3.8) is 0 Å². The molecule has 2 aromatic rings. The Labute approximate surface area is 330 Å². The van der Waals surface area contributed by atoms with E-state index in [1.54, 1.807) is 25.3 Å². The minimum Gasteiger partial charge on any atom is -0.459 e. The van der Waals surface area contributed by atoms with Crippen LogP contribution in [-0.4, -0.2) is 98.1 Å². The van der Waals surface area contributed by atoms with Gasteiger partial charge < -0.3 is 49.0 Å². The molecule has 306 valence electrons. The molecule has 3 aliphatic rings. The summed E-state index contributed by atoms with van der Waals surface area (Å²) in [7, 11) is 1.68. The minimum absolute atomic E-state index is 0.0224. The molecule has 2 amide bonds. The quantitative estimate of drug-likeness (QED) is 0.0705. The number of carbonyl (C=O) groups is 2. The first-order chi connectivity index (χ1) is 27.3. The second-order valence-electron chi connectivity index (χ2n) is 14.4. The third-order valence-corrected chi connectivity index (χ3v) is 10.8. The van der Waals surface area contributed by atoms with Crippen LogP contribution in [0.4, 0.5) is 9.59 Å². The second kappa shape index (κ2) is 21.2. The van der Waals surface area contributed by atoms with Gasteiger partial charge >= 0.3 is 12.2 Å². The summed E-state index contributed by atoms with van der Waals surface area (Å²) in [5.74, 6) is -1.18. The van der Waals surface area contributed by atoms with Gasteiger partial charge in [0.2, 0.25) is 5.79 Å². The van der Waals surface area contributed by atoms with E-state index in [2.05, 4.69) is 23.1 Å². The highest BCUT2D eigenvalue weighted by molar-refractivity contribution is 6.02. The Balaban J connectivity index is 1.59. The molecule has 5 rings (SSSR count). The maximum atomic E-state index is 13.9. The summed E-state index contributed by atoms with van der Waals surface area (Å²) in [6.45, 7) is 9.36. The van der Waals surface area contributed by atoms with Crippen LogP contribution in [0, 0.1) is 17.8 Å². The summed E-state index contributed by atoms with van der Waals surface area (Å²) < 4.78 is 31.2. The van der Waals surface area contributed by atoms with E-state index in [1.807, 2.05) is 50.2 Å². The van der Waals surface area contributed by atoms with Crippen molar-refractivity contribution in [2.45, 2.75) is 83.1 Å². The Bertz CT molecular complexity index is 1650. The second-order valence-corrected chi connectivity index (χ2v) is 14.4. The van der Waals surface area contributed by atoms with Crippen LogP contribution in [0.5, 0.6) is 11.5 Å². The number of hydrogen-bond acceptors (Lipinski definition) is 11. The van der Waals surface area contributed by atoms with Crippen molar-refractivity contribution in [2.24, 2.45) is 22.9 Å². The lowest BCUT2D eigenvalue weighted by Crippen LogP contribution is -2.69. The summed E-state index contributed by atoms with van der Waals surface area (Å²) in [6, 6.07) is 14.4. The van der Waals surface area contributed by atoms with Crippen LogP contribution in [-0.2, 0) is 25.7 Å². The van der Waals surface area contributed by atoms with Crippen LogP contribution < -0.4 is 14.8 Å². The first-order valence-electron chi connectivity index (χ1n) is 20.0. The maximum absolute atomic E-state index is 13.9. The third kappa shape index (κ3) is 10.1. The standard InChI is InChI=1S/C43H59N3O10/c1-5-23-53-43-38(46(4)42(50)52-25-24-51-29-30-15-9-8-10-16-30)28-36(45-54-7-3)34-26-31(17-11-13-21-47)33(18-12-14-22-48)39(40(34)43)35-27-32(19-20-37(35)56-43)55-41(49)44-6-2/h5,8-10,15-16,19-20,26-27,31,33,38-40,47-48H,1,6-7,11-14,17-18,21-25,28-29H2,2-4H3,(H,44,49)/t31-,33+,38-,39+,40+,43+/m0/s1. The molecule has 1 fully saturated rings. The van der Waals surface area contributed by atoms with Gasteiger partial charge in [-0.05, 0) is 80.7 Å². The highest BCUT2D eigenvalue weighted by Crippen LogP contribution is 2.61. The summed E-state index contributed by atoms with van der Waals surface area (Å²) in [5, 5.41) is 26.9. The van der Waals surface area contributed by atoms with Gasteiger partial charge in [-0.2, -0.15) is 0 Å². The van der Waals surface area contributed by atoms with Crippen molar-refractivity contribution in [3.05, 3.63) is 84.0 Å². The van der Waals surface area contributed by atoms with Gasteiger partial charge in [0.1, 0.15) is 30.8 Å². The van der Waals surface area contributed by atoms with Crippen LogP contribution >= 0.6 is 0 Å². The van der Waals surface area contributed by atoms with Gasteiger partial charge in [0.15, 0.2) is 0 Å². The molecule has 0 unspecified atom stereocenters. The van der Waals surface area contributed by atoms with Gasteiger partial charge in [-0.1, -0.05) is 60.5 Å². The SMILES string of the molecule is C=CCO[C@@]12Oc3ccc(OC(=O)NCC)cc3[C@H]3[C@H](CCCCO)[C@@H](CCCCO)C=C(C(=NOCC)C[C@@H]1N(C)C(=O)OCCOCc1ccccc1)[C@H]32. The molecule has 2 aliphatic carbocycles. The maximum Gasteiger partial charge on any atom is 0.412 e. The molecule has 3 N–H and O–H groups in total. The Kier molecular flexibility index (Phi) is 16.2. The number of carbonyl (C=O) groups excluding carboxylic acids is 2. The van der Waals surface area contributed by atoms with E-state index in [0.717, 1.165) is 42.4 Å². The smallest absolute Gasteiger partial charge is 0.412 e. The van der Waals surface area contributed by atoms with E-state index in [-0.39, 0.29) is 57.2 Å². The van der Waals surface area contributed by atoms with Gasteiger partial charge in [-0.3, -0.25) is 0 Å². The molecule has 2 aromatic carbocycles. The predicted molar refractivity (Wildman–Crippen MR) is 211 cm³/mol. The number of unbranched alkanes of at least 4 members (excludes halogenated alkanes) is 2. The van der Waals surface area contributed by atoms with E-state index in [1.165, 1.54) is 4.90 Å². The Hall–Kier alpha value is -4.43. The van der Waals surface area contributed by atoms with Crippen LogP contribution in [0.15, 0.2) is 78.0 Å². The normalized spacial score (nSPS) is 24.2. The van der Waals surface area contributed by atoms with E-state index in [4.69, 9.17) is 28.5 Å². The number of nitrogens with one attached hydrogen (secondary N) is 1. The fourth-order valence-electron chi connectivity index (χ4n) is 8.40. The van der Waals surface area contributed by atoms with Crippen molar-refractivity contribution in [1.82, 2.24) is 10.2 Å². The highest BCUT2D eigenvalue weighted by atomic mass is 16.7. The summed E-state index contributed by atoms with van der Waals surface area (Å²) in [5.41, 5.74) is 3.46. The lowest BCUT2D eigenvalue weighted by Gasteiger charge is -2.59. The summed E-state index contributed by atoms with van der Waals surface area (Å²) in [4.78, 5) is 33.8. The Morgan fingerprint density at radius 2 is 1.82 bits per heavy atom. The lowest BCUT2D eigenvalue weighted by molar-refractivity contribution is -0.253. The molecule has 0 saturated heterocycles. The third-order valence-electron chi connectivity index (χ3n) is 10.8. The van der Waals surface area contributed by atoms with Crippen LogP contribution in [0.2, 0.25) is 0 Å². The molecule has 13 heteroatoms. The average molecular weight is 778 g/mol. The van der Waals surface area contributed by atoms with Gasteiger partial charge in [-0.15, -0.1) is 6.58 Å². The summed E-state index contributed by atoms with van der Waals surface area (Å²) in [6.07, 6.45) is 7.52. The number of fused-ring (bicyclic) bond motifs is 2. The number of allylic oxidation sites excluding steroid dienone is 1. The van der Waals surface area contributed by atoms with E-state index in [0.29, 0.717) is 49.8 Å². The molecule has 1 aliphatic heterocycles. The summed E-state index contributed by atoms with van der Waals surface area (Å²) >= 11 is 0. The molecule has 13 nitrogen and oxygen atoms in total. The number of hydrogen-bond donors (Lipinski definition) is 3. The number of rotatable bonds is 21. The number of ether oxygens (including phenoxy) is 5. The van der Waals surface area contributed by atoms with Crippen LogP contribution in [0.1, 0.15) is 75.8 Å². The highest BCUT2D eigenvalue weighted by Gasteiger charge is 2.65. The molecule has 56 heavy (non-hydrogen) atoms. The monoisotopic (exact) mass is 777 g/mol. The number of benzene rings is 2. The lowest BCUT2D eigenvalue weighted by atomic mass is 9.55. The van der Waals surface area contributed by atoms with E-state index < -0.39 is 29.9 Å². The number of nitrogens with zero attached hydrogens (tertiary/aromatic N) is 2. The predicted octanol–water partition coefficient (Wildman–Crippen LogP) is 6.73. The fraction of sp³-hybridized carbons (Fsp3) is 0.558. The molecular weight excluding hydrogens is 718 g/mol.